The monoisotopic (exact) mass is 170 g/mol. The summed E-state index contributed by atoms with van der Waals surface area (Å²) >= 11 is 0. The van der Waals surface area contributed by atoms with Gasteiger partial charge in [-0.2, -0.15) is 0 Å². The van der Waals surface area contributed by atoms with E-state index in [2.05, 4.69) is 6.92 Å². The summed E-state index contributed by atoms with van der Waals surface area (Å²) in [6.45, 7) is 5.94. The maximum atomic E-state index is 10.9. The van der Waals surface area contributed by atoms with Gasteiger partial charge in [-0.25, -0.2) is 0 Å². The lowest BCUT2D eigenvalue weighted by Gasteiger charge is -2.05. The molecule has 1 nitrogen and oxygen atoms in total. The number of rotatable bonds is 7. The molecule has 12 heavy (non-hydrogen) atoms. The lowest BCUT2D eigenvalue weighted by molar-refractivity contribution is -0.120. The molecule has 0 N–H and O–H groups in total. The molecule has 0 fully saturated rings. The second kappa shape index (κ2) is 7.33. The molecule has 0 saturated heterocycles. The number of hydrogen-bond donors (Lipinski definition) is 0. The van der Waals surface area contributed by atoms with Crippen molar-refractivity contribution in [3.8, 4) is 0 Å². The first-order valence-corrected chi connectivity index (χ1v) is 5.19. The average molecular weight is 170 g/mol. The minimum Gasteiger partial charge on any atom is -0.300 e. The van der Waals surface area contributed by atoms with Crippen LogP contribution in [0.1, 0.15) is 59.3 Å². The number of hydrogen-bond acceptors (Lipinski definition) is 1. The van der Waals surface area contributed by atoms with Gasteiger partial charge in [0.25, 0.3) is 0 Å². The van der Waals surface area contributed by atoms with Gasteiger partial charge in [0.1, 0.15) is 5.78 Å². The minimum absolute atomic E-state index is 0.284. The summed E-state index contributed by atoms with van der Waals surface area (Å²) in [5, 5.41) is 0. The van der Waals surface area contributed by atoms with E-state index < -0.39 is 0 Å². The fourth-order valence-electron chi connectivity index (χ4n) is 1.26. The van der Waals surface area contributed by atoms with E-state index in [4.69, 9.17) is 0 Å². The van der Waals surface area contributed by atoms with E-state index >= 15 is 0 Å². The van der Waals surface area contributed by atoms with Crippen LogP contribution in [0.15, 0.2) is 0 Å². The van der Waals surface area contributed by atoms with Gasteiger partial charge in [0.05, 0.1) is 0 Å². The zero-order valence-electron chi connectivity index (χ0n) is 8.73. The van der Waals surface area contributed by atoms with Crippen molar-refractivity contribution in [3.05, 3.63) is 0 Å². The van der Waals surface area contributed by atoms with Gasteiger partial charge >= 0.3 is 0 Å². The second-order valence-corrected chi connectivity index (χ2v) is 3.71. The molecule has 0 aromatic heterocycles. The van der Waals surface area contributed by atoms with Gasteiger partial charge in [0.2, 0.25) is 0 Å². The van der Waals surface area contributed by atoms with Crippen LogP contribution >= 0.6 is 0 Å². The van der Waals surface area contributed by atoms with Crippen LogP contribution in [0.5, 0.6) is 0 Å². The van der Waals surface area contributed by atoms with Gasteiger partial charge in [-0.3, -0.25) is 4.79 Å². The van der Waals surface area contributed by atoms with Crippen LogP contribution in [-0.4, -0.2) is 5.78 Å². The third-order valence-corrected chi connectivity index (χ3v) is 2.43. The van der Waals surface area contributed by atoms with Crippen molar-refractivity contribution in [2.75, 3.05) is 0 Å². The molecule has 1 heteroatoms. The highest BCUT2D eigenvalue weighted by molar-refractivity contribution is 5.77. The van der Waals surface area contributed by atoms with Crippen molar-refractivity contribution in [1.82, 2.24) is 0 Å². The molecule has 0 bridgehead atoms. The van der Waals surface area contributed by atoms with Gasteiger partial charge in [0.15, 0.2) is 0 Å². The molecule has 0 aromatic carbocycles. The van der Waals surface area contributed by atoms with Crippen molar-refractivity contribution >= 4 is 5.78 Å². The highest BCUT2D eigenvalue weighted by atomic mass is 16.1. The Hall–Kier alpha value is -0.330. The SMILES string of the molecule is CCCCCCCC(C)C(C)=O. The Labute approximate surface area is 76.6 Å². The second-order valence-electron chi connectivity index (χ2n) is 3.71. The number of carbonyl (C=O) groups is 1. The van der Waals surface area contributed by atoms with Crippen molar-refractivity contribution in [2.45, 2.75) is 59.3 Å². The summed E-state index contributed by atoms with van der Waals surface area (Å²) < 4.78 is 0. The van der Waals surface area contributed by atoms with Crippen LogP contribution < -0.4 is 0 Å². The Morgan fingerprint density at radius 2 is 1.75 bits per heavy atom. The quantitative estimate of drug-likeness (QED) is 0.534. The number of carbonyl (C=O) groups excluding carboxylic acids is 1. The predicted molar refractivity (Wildman–Crippen MR) is 53.2 cm³/mol. The first-order chi connectivity index (χ1) is 5.68. The molecule has 72 valence electrons. The summed E-state index contributed by atoms with van der Waals surface area (Å²) in [6, 6.07) is 0. The minimum atomic E-state index is 0.284. The Kier molecular flexibility index (Phi) is 7.12. The number of unbranched alkanes of at least 4 members (excludes halogenated alkanes) is 4. The molecule has 0 aliphatic heterocycles. The van der Waals surface area contributed by atoms with Gasteiger partial charge in [-0.15, -0.1) is 0 Å². The maximum absolute atomic E-state index is 10.9. The Morgan fingerprint density at radius 1 is 1.17 bits per heavy atom. The normalized spacial score (nSPS) is 12.9. The highest BCUT2D eigenvalue weighted by Crippen LogP contribution is 2.11. The number of ketones is 1. The van der Waals surface area contributed by atoms with Crippen LogP contribution in [0.2, 0.25) is 0 Å². The zero-order chi connectivity index (χ0) is 9.40. The molecule has 0 rings (SSSR count). The standard InChI is InChI=1S/C11H22O/c1-4-5-6-7-8-9-10(2)11(3)12/h10H,4-9H2,1-3H3. The molecule has 0 heterocycles. The smallest absolute Gasteiger partial charge is 0.132 e. The van der Waals surface area contributed by atoms with Crippen LogP contribution in [-0.2, 0) is 4.79 Å². The third-order valence-electron chi connectivity index (χ3n) is 2.43. The molecule has 0 aromatic rings. The molecule has 0 radical (unpaired) electrons. The molecule has 0 aliphatic rings. The van der Waals surface area contributed by atoms with E-state index in [0.29, 0.717) is 5.78 Å². The van der Waals surface area contributed by atoms with Crippen molar-refractivity contribution in [1.29, 1.82) is 0 Å². The summed E-state index contributed by atoms with van der Waals surface area (Å²) in [7, 11) is 0. The van der Waals surface area contributed by atoms with Crippen LogP contribution in [0.25, 0.3) is 0 Å². The largest absolute Gasteiger partial charge is 0.300 e. The van der Waals surface area contributed by atoms with Gasteiger partial charge in [-0.05, 0) is 13.3 Å². The Bertz CT molecular complexity index is 118. The summed E-state index contributed by atoms with van der Waals surface area (Å²) in [5.41, 5.74) is 0. The van der Waals surface area contributed by atoms with E-state index in [-0.39, 0.29) is 5.92 Å². The molecule has 0 spiro atoms. The van der Waals surface area contributed by atoms with Gasteiger partial charge < -0.3 is 0 Å². The van der Waals surface area contributed by atoms with Crippen LogP contribution in [0.4, 0.5) is 0 Å². The Morgan fingerprint density at radius 3 is 2.25 bits per heavy atom. The summed E-state index contributed by atoms with van der Waals surface area (Å²) in [5.74, 6) is 0.622. The fourth-order valence-corrected chi connectivity index (χ4v) is 1.26. The molecule has 0 aliphatic carbocycles. The first kappa shape index (κ1) is 11.7. The van der Waals surface area contributed by atoms with Crippen molar-refractivity contribution in [2.24, 2.45) is 5.92 Å². The van der Waals surface area contributed by atoms with E-state index in [9.17, 15) is 4.79 Å². The van der Waals surface area contributed by atoms with Crippen LogP contribution in [0, 0.1) is 5.92 Å². The fraction of sp³-hybridized carbons (Fsp3) is 0.909. The summed E-state index contributed by atoms with van der Waals surface area (Å²) in [6.07, 6.45) is 7.57. The van der Waals surface area contributed by atoms with E-state index in [1.54, 1.807) is 6.92 Å². The van der Waals surface area contributed by atoms with E-state index in [1.807, 2.05) is 6.92 Å². The van der Waals surface area contributed by atoms with Crippen molar-refractivity contribution in [3.63, 3.8) is 0 Å². The Balaban J connectivity index is 3.14. The summed E-state index contributed by atoms with van der Waals surface area (Å²) in [4.78, 5) is 10.9. The van der Waals surface area contributed by atoms with E-state index in [0.717, 1.165) is 6.42 Å². The molecular weight excluding hydrogens is 148 g/mol. The van der Waals surface area contributed by atoms with Gasteiger partial charge in [-0.1, -0.05) is 46.0 Å². The molecule has 0 saturated carbocycles. The highest BCUT2D eigenvalue weighted by Gasteiger charge is 2.05. The molecular formula is C11H22O. The van der Waals surface area contributed by atoms with Crippen molar-refractivity contribution < 1.29 is 4.79 Å². The lowest BCUT2D eigenvalue weighted by atomic mass is 9.99. The molecule has 0 amide bonds. The number of Topliss-reactive ketones (excluding diaryl/α,β-unsaturated/α-hetero) is 1. The average Bonchev–Trinajstić information content (AvgIpc) is 2.03. The first-order valence-electron chi connectivity index (χ1n) is 5.19. The van der Waals surface area contributed by atoms with E-state index in [1.165, 1.54) is 32.1 Å². The topological polar surface area (TPSA) is 17.1 Å². The lowest BCUT2D eigenvalue weighted by Crippen LogP contribution is -2.05. The zero-order valence-corrected chi connectivity index (χ0v) is 8.73. The molecule has 1 atom stereocenters. The third kappa shape index (κ3) is 6.38. The van der Waals surface area contributed by atoms with Gasteiger partial charge in [0, 0.05) is 5.92 Å². The maximum Gasteiger partial charge on any atom is 0.132 e. The van der Waals surface area contributed by atoms with Crippen LogP contribution in [0.3, 0.4) is 0 Å². The molecule has 1 unspecified atom stereocenters. The predicted octanol–water partition coefficient (Wildman–Crippen LogP) is 3.57.